The number of primary amides is 1. The summed E-state index contributed by atoms with van der Waals surface area (Å²) in [5.41, 5.74) is 14.5. The largest absolute Gasteiger partial charge is 0.508 e. The highest BCUT2D eigenvalue weighted by Crippen LogP contribution is 2.27. The second-order valence-electron chi connectivity index (χ2n) is 4.15. The number of carbonyl (C=O) groups is 1. The SMILES string of the molecule is Cc1c(N)cc(-c2ccc(O)cc2)cc1C(N)=O. The molecule has 0 heterocycles. The van der Waals surface area contributed by atoms with Crippen LogP contribution in [0.4, 0.5) is 5.69 Å². The van der Waals surface area contributed by atoms with E-state index in [1.54, 1.807) is 43.3 Å². The van der Waals surface area contributed by atoms with Gasteiger partial charge in [0.25, 0.3) is 0 Å². The van der Waals surface area contributed by atoms with E-state index in [9.17, 15) is 9.90 Å². The van der Waals surface area contributed by atoms with E-state index in [2.05, 4.69) is 0 Å². The third kappa shape index (κ3) is 2.13. The fraction of sp³-hybridized carbons (Fsp3) is 0.0714. The Hall–Kier alpha value is -2.49. The summed E-state index contributed by atoms with van der Waals surface area (Å²) in [6.45, 7) is 1.76. The predicted molar refractivity (Wildman–Crippen MR) is 71.2 cm³/mol. The lowest BCUT2D eigenvalue weighted by atomic mass is 9.98. The molecule has 4 nitrogen and oxygen atoms in total. The molecule has 2 aromatic carbocycles. The number of phenols is 1. The first-order chi connectivity index (χ1) is 8.49. The molecule has 0 aliphatic carbocycles. The maximum Gasteiger partial charge on any atom is 0.249 e. The predicted octanol–water partition coefficient (Wildman–Crippen LogP) is 2.05. The van der Waals surface area contributed by atoms with Crippen molar-refractivity contribution in [3.8, 4) is 16.9 Å². The number of aromatic hydroxyl groups is 1. The summed E-state index contributed by atoms with van der Waals surface area (Å²) < 4.78 is 0. The van der Waals surface area contributed by atoms with Crippen LogP contribution in [0.1, 0.15) is 15.9 Å². The van der Waals surface area contributed by atoms with Crippen LogP contribution in [0.2, 0.25) is 0 Å². The Balaban J connectivity index is 2.59. The van der Waals surface area contributed by atoms with Crippen molar-refractivity contribution in [1.82, 2.24) is 0 Å². The average molecular weight is 242 g/mol. The second-order valence-corrected chi connectivity index (χ2v) is 4.15. The van der Waals surface area contributed by atoms with Gasteiger partial charge < -0.3 is 16.6 Å². The molecule has 0 spiro atoms. The third-order valence-electron chi connectivity index (χ3n) is 2.91. The Morgan fingerprint density at radius 2 is 1.72 bits per heavy atom. The Bertz CT molecular complexity index is 604. The van der Waals surface area contributed by atoms with E-state index in [4.69, 9.17) is 11.5 Å². The molecule has 2 aromatic rings. The molecule has 0 saturated carbocycles. The highest BCUT2D eigenvalue weighted by Gasteiger charge is 2.10. The third-order valence-corrected chi connectivity index (χ3v) is 2.91. The summed E-state index contributed by atoms with van der Waals surface area (Å²) in [6.07, 6.45) is 0. The summed E-state index contributed by atoms with van der Waals surface area (Å²) in [5, 5.41) is 9.25. The Labute approximate surface area is 105 Å². The lowest BCUT2D eigenvalue weighted by Gasteiger charge is -2.10. The quantitative estimate of drug-likeness (QED) is 0.704. The molecule has 0 aliphatic heterocycles. The van der Waals surface area contributed by atoms with Gasteiger partial charge in [0, 0.05) is 11.3 Å². The number of rotatable bonds is 2. The first kappa shape index (κ1) is 12.0. The topological polar surface area (TPSA) is 89.3 Å². The molecule has 0 radical (unpaired) electrons. The lowest BCUT2D eigenvalue weighted by Crippen LogP contribution is -2.13. The van der Waals surface area contributed by atoms with E-state index in [0.29, 0.717) is 16.8 Å². The smallest absolute Gasteiger partial charge is 0.249 e. The Morgan fingerprint density at radius 3 is 2.28 bits per heavy atom. The van der Waals surface area contributed by atoms with Crippen LogP contribution in [-0.4, -0.2) is 11.0 Å². The molecule has 0 saturated heterocycles. The zero-order chi connectivity index (χ0) is 13.3. The molecule has 2 rings (SSSR count). The van der Waals surface area contributed by atoms with Gasteiger partial charge in [0.15, 0.2) is 0 Å². The maximum atomic E-state index is 11.3. The van der Waals surface area contributed by atoms with Gasteiger partial charge in [0.1, 0.15) is 5.75 Å². The zero-order valence-corrected chi connectivity index (χ0v) is 9.97. The Kier molecular flexibility index (Phi) is 2.93. The molecule has 0 fully saturated rings. The van der Waals surface area contributed by atoms with E-state index >= 15 is 0 Å². The van der Waals surface area contributed by atoms with Crippen LogP contribution < -0.4 is 11.5 Å². The molecule has 18 heavy (non-hydrogen) atoms. The van der Waals surface area contributed by atoms with Crippen LogP contribution in [0.15, 0.2) is 36.4 Å². The Morgan fingerprint density at radius 1 is 1.11 bits per heavy atom. The number of amides is 1. The van der Waals surface area contributed by atoms with Gasteiger partial charge in [0.2, 0.25) is 5.91 Å². The summed E-state index contributed by atoms with van der Waals surface area (Å²) in [5.74, 6) is -0.311. The zero-order valence-electron chi connectivity index (χ0n) is 9.97. The van der Waals surface area contributed by atoms with E-state index in [1.165, 1.54) is 0 Å². The van der Waals surface area contributed by atoms with Gasteiger partial charge in [0.05, 0.1) is 0 Å². The van der Waals surface area contributed by atoms with Crippen molar-refractivity contribution < 1.29 is 9.90 Å². The fourth-order valence-electron chi connectivity index (χ4n) is 1.81. The number of hydrogen-bond donors (Lipinski definition) is 3. The van der Waals surface area contributed by atoms with Gasteiger partial charge in [-0.1, -0.05) is 12.1 Å². The molecule has 4 heteroatoms. The first-order valence-corrected chi connectivity index (χ1v) is 5.48. The summed E-state index contributed by atoms with van der Waals surface area (Å²) in [6, 6.07) is 10.2. The molecular formula is C14H14N2O2. The minimum Gasteiger partial charge on any atom is -0.508 e. The monoisotopic (exact) mass is 242 g/mol. The van der Waals surface area contributed by atoms with Crippen LogP contribution in [0.5, 0.6) is 5.75 Å². The number of phenolic OH excluding ortho intramolecular Hbond substituents is 1. The number of hydrogen-bond acceptors (Lipinski definition) is 3. The van der Waals surface area contributed by atoms with Gasteiger partial charge in [-0.15, -0.1) is 0 Å². The van der Waals surface area contributed by atoms with Crippen LogP contribution in [-0.2, 0) is 0 Å². The van der Waals surface area contributed by atoms with E-state index in [-0.39, 0.29) is 5.75 Å². The first-order valence-electron chi connectivity index (χ1n) is 5.48. The maximum absolute atomic E-state index is 11.3. The number of nitrogen functional groups attached to an aromatic ring is 1. The van der Waals surface area contributed by atoms with Crippen molar-refractivity contribution in [2.75, 3.05) is 5.73 Å². The molecule has 0 aromatic heterocycles. The van der Waals surface area contributed by atoms with Crippen LogP contribution in [0.25, 0.3) is 11.1 Å². The molecule has 1 amide bonds. The highest BCUT2D eigenvalue weighted by atomic mass is 16.3. The van der Waals surface area contributed by atoms with Gasteiger partial charge in [-0.3, -0.25) is 4.79 Å². The van der Waals surface area contributed by atoms with E-state index < -0.39 is 5.91 Å². The fourth-order valence-corrected chi connectivity index (χ4v) is 1.81. The van der Waals surface area contributed by atoms with E-state index in [1.807, 2.05) is 0 Å². The minimum atomic E-state index is -0.500. The molecular weight excluding hydrogens is 228 g/mol. The van der Waals surface area contributed by atoms with Gasteiger partial charge in [-0.25, -0.2) is 0 Å². The van der Waals surface area contributed by atoms with Crippen molar-refractivity contribution in [3.05, 3.63) is 47.5 Å². The lowest BCUT2D eigenvalue weighted by molar-refractivity contribution is 0.1000. The molecule has 0 bridgehead atoms. The van der Waals surface area contributed by atoms with Gasteiger partial charge in [-0.2, -0.15) is 0 Å². The van der Waals surface area contributed by atoms with Crippen molar-refractivity contribution in [1.29, 1.82) is 0 Å². The van der Waals surface area contributed by atoms with E-state index in [0.717, 1.165) is 11.1 Å². The number of anilines is 1. The van der Waals surface area contributed by atoms with Gasteiger partial charge >= 0.3 is 0 Å². The van der Waals surface area contributed by atoms with Gasteiger partial charge in [-0.05, 0) is 47.9 Å². The standard InChI is InChI=1S/C14H14N2O2/c1-8-12(14(16)18)6-10(7-13(8)15)9-2-4-11(17)5-3-9/h2-7,17H,15H2,1H3,(H2,16,18). The molecule has 0 unspecified atom stereocenters. The number of carbonyl (C=O) groups excluding carboxylic acids is 1. The van der Waals surface area contributed by atoms with Crippen LogP contribution in [0.3, 0.4) is 0 Å². The van der Waals surface area contributed by atoms with Crippen LogP contribution >= 0.6 is 0 Å². The molecule has 92 valence electrons. The molecule has 0 atom stereocenters. The summed E-state index contributed by atoms with van der Waals surface area (Å²) in [7, 11) is 0. The molecule has 0 aliphatic rings. The van der Waals surface area contributed by atoms with Crippen molar-refractivity contribution >= 4 is 11.6 Å². The van der Waals surface area contributed by atoms with Crippen molar-refractivity contribution in [2.45, 2.75) is 6.92 Å². The number of benzene rings is 2. The highest BCUT2D eigenvalue weighted by molar-refractivity contribution is 5.97. The number of nitrogens with two attached hydrogens (primary N) is 2. The average Bonchev–Trinajstić information content (AvgIpc) is 2.33. The molecule has 5 N–H and O–H groups in total. The summed E-state index contributed by atoms with van der Waals surface area (Å²) >= 11 is 0. The van der Waals surface area contributed by atoms with Crippen molar-refractivity contribution in [3.63, 3.8) is 0 Å². The summed E-state index contributed by atoms with van der Waals surface area (Å²) in [4.78, 5) is 11.3. The van der Waals surface area contributed by atoms with Crippen LogP contribution in [0, 0.1) is 6.92 Å². The van der Waals surface area contributed by atoms with Crippen molar-refractivity contribution in [2.24, 2.45) is 5.73 Å². The normalized spacial score (nSPS) is 10.3. The minimum absolute atomic E-state index is 0.189. The second kappa shape index (κ2) is 4.41.